The Hall–Kier alpha value is -1.84. The van der Waals surface area contributed by atoms with E-state index in [4.69, 9.17) is 0 Å². The molecule has 1 amide bonds. The first kappa shape index (κ1) is 16.5. The maximum Gasteiger partial charge on any atom is 0.326 e. The van der Waals surface area contributed by atoms with Gasteiger partial charge in [0.2, 0.25) is 5.91 Å². The molecule has 0 fully saturated rings. The van der Waals surface area contributed by atoms with E-state index >= 15 is 0 Å². The highest BCUT2D eigenvalue weighted by Crippen LogP contribution is 2.22. The van der Waals surface area contributed by atoms with Crippen LogP contribution in [0.5, 0.6) is 0 Å². The van der Waals surface area contributed by atoms with E-state index in [0.29, 0.717) is 6.42 Å². The summed E-state index contributed by atoms with van der Waals surface area (Å²) in [5.41, 5.74) is 3.69. The van der Waals surface area contributed by atoms with Crippen LogP contribution >= 0.6 is 0 Å². The van der Waals surface area contributed by atoms with Gasteiger partial charge in [-0.3, -0.25) is 4.79 Å². The monoisotopic (exact) mass is 303 g/mol. The SMILES string of the molecule is CC(C)C[C@@H](NC(=O)Cc1ccc2c(c1)CCCC2)C(=O)O. The van der Waals surface area contributed by atoms with Gasteiger partial charge in [0.15, 0.2) is 0 Å². The highest BCUT2D eigenvalue weighted by atomic mass is 16.4. The average Bonchev–Trinajstić information content (AvgIpc) is 2.45. The maximum absolute atomic E-state index is 12.1. The van der Waals surface area contributed by atoms with Gasteiger partial charge < -0.3 is 10.4 Å². The van der Waals surface area contributed by atoms with Gasteiger partial charge in [-0.05, 0) is 54.7 Å². The molecule has 2 N–H and O–H groups in total. The Bertz CT molecular complexity index is 551. The van der Waals surface area contributed by atoms with Crippen molar-refractivity contribution in [2.24, 2.45) is 5.92 Å². The third-order valence-corrected chi connectivity index (χ3v) is 4.12. The van der Waals surface area contributed by atoms with Crippen molar-refractivity contribution in [1.29, 1.82) is 0 Å². The van der Waals surface area contributed by atoms with Gasteiger partial charge in [0, 0.05) is 0 Å². The summed E-state index contributed by atoms with van der Waals surface area (Å²) in [7, 11) is 0. The topological polar surface area (TPSA) is 66.4 Å². The third-order valence-electron chi connectivity index (χ3n) is 4.12. The van der Waals surface area contributed by atoms with Gasteiger partial charge in [-0.25, -0.2) is 4.79 Å². The lowest BCUT2D eigenvalue weighted by Gasteiger charge is -2.18. The molecule has 1 aliphatic carbocycles. The van der Waals surface area contributed by atoms with Gasteiger partial charge in [0.25, 0.3) is 0 Å². The van der Waals surface area contributed by atoms with Crippen molar-refractivity contribution in [3.63, 3.8) is 0 Å². The van der Waals surface area contributed by atoms with Crippen LogP contribution in [-0.2, 0) is 28.9 Å². The van der Waals surface area contributed by atoms with Crippen molar-refractivity contribution in [2.75, 3.05) is 0 Å². The largest absolute Gasteiger partial charge is 0.480 e. The number of carboxylic acids is 1. The van der Waals surface area contributed by atoms with E-state index < -0.39 is 12.0 Å². The molecule has 4 nitrogen and oxygen atoms in total. The summed E-state index contributed by atoms with van der Waals surface area (Å²) in [5, 5.41) is 11.8. The van der Waals surface area contributed by atoms with Crippen LogP contribution in [0.15, 0.2) is 18.2 Å². The van der Waals surface area contributed by atoms with E-state index in [1.54, 1.807) is 0 Å². The number of amides is 1. The fourth-order valence-corrected chi connectivity index (χ4v) is 3.02. The summed E-state index contributed by atoms with van der Waals surface area (Å²) in [6, 6.07) is 5.40. The number of nitrogens with one attached hydrogen (secondary N) is 1. The van der Waals surface area contributed by atoms with Crippen molar-refractivity contribution in [3.8, 4) is 0 Å². The second-order valence-corrected chi connectivity index (χ2v) is 6.57. The first-order chi connectivity index (χ1) is 10.5. The molecular weight excluding hydrogens is 278 g/mol. The fourth-order valence-electron chi connectivity index (χ4n) is 3.02. The minimum atomic E-state index is -0.965. The van der Waals surface area contributed by atoms with Gasteiger partial charge in [0.1, 0.15) is 6.04 Å². The molecule has 4 heteroatoms. The number of carbonyl (C=O) groups excluding carboxylic acids is 1. The lowest BCUT2D eigenvalue weighted by molar-refractivity contribution is -0.142. The predicted molar refractivity (Wildman–Crippen MR) is 85.8 cm³/mol. The predicted octanol–water partition coefficient (Wildman–Crippen LogP) is 2.72. The highest BCUT2D eigenvalue weighted by molar-refractivity contribution is 5.84. The molecule has 0 bridgehead atoms. The first-order valence-electron chi connectivity index (χ1n) is 8.08. The zero-order valence-electron chi connectivity index (χ0n) is 13.4. The van der Waals surface area contributed by atoms with Gasteiger partial charge in [-0.15, -0.1) is 0 Å². The molecule has 120 valence electrons. The van der Waals surface area contributed by atoms with Crippen molar-refractivity contribution >= 4 is 11.9 Å². The van der Waals surface area contributed by atoms with Crippen molar-refractivity contribution in [3.05, 3.63) is 34.9 Å². The van der Waals surface area contributed by atoms with Crippen molar-refractivity contribution < 1.29 is 14.7 Å². The van der Waals surface area contributed by atoms with E-state index in [1.807, 2.05) is 19.9 Å². The molecule has 0 heterocycles. The molecule has 0 radical (unpaired) electrons. The number of hydrogen-bond acceptors (Lipinski definition) is 2. The van der Waals surface area contributed by atoms with E-state index in [0.717, 1.165) is 18.4 Å². The Morgan fingerprint density at radius 3 is 2.50 bits per heavy atom. The number of aryl methyl sites for hydroxylation is 2. The molecule has 1 aliphatic rings. The lowest BCUT2D eigenvalue weighted by atomic mass is 9.90. The van der Waals surface area contributed by atoms with Crippen LogP contribution in [0.3, 0.4) is 0 Å². The third kappa shape index (κ3) is 4.58. The molecule has 0 spiro atoms. The number of carboxylic acid groups (broad SMARTS) is 1. The van der Waals surface area contributed by atoms with Gasteiger partial charge in [-0.2, -0.15) is 0 Å². The molecule has 0 aromatic heterocycles. The molecule has 0 unspecified atom stereocenters. The van der Waals surface area contributed by atoms with E-state index in [1.165, 1.54) is 24.0 Å². The number of aliphatic carboxylic acids is 1. The number of hydrogen-bond donors (Lipinski definition) is 2. The van der Waals surface area contributed by atoms with Crippen LogP contribution in [0.4, 0.5) is 0 Å². The normalized spacial score (nSPS) is 15.2. The van der Waals surface area contributed by atoms with Crippen molar-refractivity contribution in [1.82, 2.24) is 5.32 Å². The smallest absolute Gasteiger partial charge is 0.326 e. The maximum atomic E-state index is 12.1. The quantitative estimate of drug-likeness (QED) is 0.849. The van der Waals surface area contributed by atoms with Crippen LogP contribution < -0.4 is 5.32 Å². The summed E-state index contributed by atoms with van der Waals surface area (Å²) in [6.07, 6.45) is 5.34. The Morgan fingerprint density at radius 1 is 1.18 bits per heavy atom. The summed E-state index contributed by atoms with van der Waals surface area (Å²) >= 11 is 0. The second-order valence-electron chi connectivity index (χ2n) is 6.57. The molecule has 2 rings (SSSR count). The minimum Gasteiger partial charge on any atom is -0.480 e. The summed E-state index contributed by atoms with van der Waals surface area (Å²) in [4.78, 5) is 23.3. The van der Waals surface area contributed by atoms with Crippen LogP contribution in [0.25, 0.3) is 0 Å². The molecule has 1 aromatic carbocycles. The zero-order valence-corrected chi connectivity index (χ0v) is 13.4. The lowest BCUT2D eigenvalue weighted by Crippen LogP contribution is -2.42. The highest BCUT2D eigenvalue weighted by Gasteiger charge is 2.21. The van der Waals surface area contributed by atoms with Crippen LogP contribution in [0.2, 0.25) is 0 Å². The van der Waals surface area contributed by atoms with Gasteiger partial charge in [-0.1, -0.05) is 32.0 Å². The number of fused-ring (bicyclic) bond motifs is 1. The van der Waals surface area contributed by atoms with Crippen LogP contribution in [0, 0.1) is 5.92 Å². The van der Waals surface area contributed by atoms with Gasteiger partial charge >= 0.3 is 5.97 Å². The van der Waals surface area contributed by atoms with Crippen LogP contribution in [0.1, 0.15) is 49.8 Å². The van der Waals surface area contributed by atoms with E-state index in [9.17, 15) is 14.7 Å². The number of carbonyl (C=O) groups is 2. The summed E-state index contributed by atoms with van der Waals surface area (Å²) in [5.74, 6) is -0.957. The molecule has 22 heavy (non-hydrogen) atoms. The molecule has 1 atom stereocenters. The van der Waals surface area contributed by atoms with E-state index in [2.05, 4.69) is 17.4 Å². The average molecular weight is 303 g/mol. The summed E-state index contributed by atoms with van der Waals surface area (Å²) < 4.78 is 0. The van der Waals surface area contributed by atoms with Crippen molar-refractivity contribution in [2.45, 2.75) is 58.4 Å². The Balaban J connectivity index is 1.97. The Kier molecular flexibility index (Phi) is 5.58. The first-order valence-corrected chi connectivity index (χ1v) is 8.08. The van der Waals surface area contributed by atoms with E-state index in [-0.39, 0.29) is 18.2 Å². The molecule has 0 saturated heterocycles. The second kappa shape index (κ2) is 7.43. The fraction of sp³-hybridized carbons (Fsp3) is 0.556. The minimum absolute atomic E-state index is 0.219. The molecule has 1 aromatic rings. The standard InChI is InChI=1S/C18H25NO3/c1-12(2)9-16(18(21)22)19-17(20)11-13-7-8-14-5-3-4-6-15(14)10-13/h7-8,10,12,16H,3-6,9,11H2,1-2H3,(H,19,20)(H,21,22)/t16-/m1/s1. The molecule has 0 saturated carbocycles. The van der Waals surface area contributed by atoms with Gasteiger partial charge in [0.05, 0.1) is 6.42 Å². The molecular formula is C18H25NO3. The number of rotatable bonds is 6. The summed E-state index contributed by atoms with van der Waals surface area (Å²) in [6.45, 7) is 3.90. The Morgan fingerprint density at radius 2 is 1.86 bits per heavy atom. The molecule has 0 aliphatic heterocycles. The number of benzene rings is 1. The zero-order chi connectivity index (χ0) is 16.1. The Labute approximate surface area is 131 Å². The van der Waals surface area contributed by atoms with Crippen LogP contribution in [-0.4, -0.2) is 23.0 Å².